The molecule has 1 aliphatic heterocycles. The third-order valence-electron chi connectivity index (χ3n) is 1.86. The number of hydrogen-bond donors (Lipinski definition) is 1. The third kappa shape index (κ3) is 1.10. The molecular weight excluding hydrogens is 206 g/mol. The summed E-state index contributed by atoms with van der Waals surface area (Å²) in [7, 11) is -1.69. The van der Waals surface area contributed by atoms with E-state index in [4.69, 9.17) is 5.73 Å². The van der Waals surface area contributed by atoms with Crippen molar-refractivity contribution in [3.8, 4) is 0 Å². The molecule has 6 nitrogen and oxygen atoms in total. The van der Waals surface area contributed by atoms with Gasteiger partial charge in [-0.3, -0.25) is 10.1 Å². The van der Waals surface area contributed by atoms with Crippen LogP contribution >= 0.6 is 0 Å². The zero-order valence-corrected chi connectivity index (χ0v) is 7.65. The third-order valence-corrected chi connectivity index (χ3v) is 2.93. The Morgan fingerprint density at radius 2 is 2.21 bits per heavy atom. The van der Waals surface area contributed by atoms with Crippen molar-refractivity contribution in [1.82, 2.24) is 0 Å². The molecule has 1 unspecified atom stereocenters. The number of fused-ring (bicyclic) bond motifs is 1. The van der Waals surface area contributed by atoms with Gasteiger partial charge in [0.05, 0.1) is 4.92 Å². The number of anilines is 1. The van der Waals surface area contributed by atoms with Crippen molar-refractivity contribution < 1.29 is 9.13 Å². The molecule has 0 saturated carbocycles. The highest BCUT2D eigenvalue weighted by Gasteiger charge is 2.27. The minimum Gasteiger partial charge on any atom is -0.398 e. The highest BCUT2D eigenvalue weighted by atomic mass is 32.2. The van der Waals surface area contributed by atoms with Gasteiger partial charge in [-0.15, -0.1) is 0 Å². The molecule has 2 rings (SSSR count). The van der Waals surface area contributed by atoms with Gasteiger partial charge >= 0.3 is 0 Å². The number of nitro benzene ring substituents is 1. The van der Waals surface area contributed by atoms with Crippen molar-refractivity contribution in [1.29, 1.82) is 0 Å². The van der Waals surface area contributed by atoms with E-state index in [2.05, 4.69) is 4.40 Å². The zero-order valence-electron chi connectivity index (χ0n) is 6.84. The summed E-state index contributed by atoms with van der Waals surface area (Å²) in [6, 6.07) is 2.65. The van der Waals surface area contributed by atoms with E-state index in [1.165, 1.54) is 18.3 Å². The van der Waals surface area contributed by atoms with E-state index in [1.54, 1.807) is 0 Å². The molecular formula is C7H5N3O3S. The number of hydrogen-bond acceptors (Lipinski definition) is 4. The van der Waals surface area contributed by atoms with Gasteiger partial charge in [0.1, 0.15) is 0 Å². The van der Waals surface area contributed by atoms with Gasteiger partial charge in [0.25, 0.3) is 5.69 Å². The molecule has 0 spiro atoms. The fraction of sp³-hybridized carbons (Fsp3) is 0. The summed E-state index contributed by atoms with van der Waals surface area (Å²) in [5, 5.41) is 10.6. The topological polar surface area (TPSA) is 98.6 Å². The van der Waals surface area contributed by atoms with Crippen LogP contribution in [0.2, 0.25) is 0 Å². The van der Waals surface area contributed by atoms with Crippen LogP contribution in [0.3, 0.4) is 0 Å². The molecule has 1 heterocycles. The predicted octanol–water partition coefficient (Wildman–Crippen LogP) is 0.632. The Labute approximate surface area is 81.2 Å². The first kappa shape index (κ1) is 8.82. The molecule has 1 aromatic carbocycles. The highest BCUT2D eigenvalue weighted by Crippen LogP contribution is 2.32. The van der Waals surface area contributed by atoms with Crippen LogP contribution in [0.1, 0.15) is 5.56 Å². The van der Waals surface area contributed by atoms with Gasteiger partial charge in [0.2, 0.25) is 0 Å². The molecule has 0 amide bonds. The summed E-state index contributed by atoms with van der Waals surface area (Å²) in [5.41, 5.74) is 6.09. The Morgan fingerprint density at radius 3 is 2.86 bits per heavy atom. The molecule has 0 bridgehead atoms. The predicted molar refractivity (Wildman–Crippen MR) is 51.5 cm³/mol. The monoisotopic (exact) mass is 211 g/mol. The summed E-state index contributed by atoms with van der Waals surface area (Å²) in [6.45, 7) is 0. The standard InChI is InChI=1S/C7H5N3O3S/c8-5-1-2-6(10(11)12)7-4(5)3-9-14(7)13/h1-3H,8H2. The van der Waals surface area contributed by atoms with E-state index in [-0.39, 0.29) is 10.6 Å². The van der Waals surface area contributed by atoms with E-state index in [1.807, 2.05) is 0 Å². The van der Waals surface area contributed by atoms with Crippen LogP contribution in [0, 0.1) is 10.1 Å². The minimum absolute atomic E-state index is 0.0926. The summed E-state index contributed by atoms with van der Waals surface area (Å²) in [5.74, 6) is 0. The number of nitrogens with zero attached hydrogens (tertiary/aromatic N) is 2. The Kier molecular flexibility index (Phi) is 1.81. The first-order valence-electron chi connectivity index (χ1n) is 3.64. The Morgan fingerprint density at radius 1 is 1.50 bits per heavy atom. The van der Waals surface area contributed by atoms with E-state index < -0.39 is 15.9 Å². The first-order valence-corrected chi connectivity index (χ1v) is 4.75. The van der Waals surface area contributed by atoms with Crippen molar-refractivity contribution in [2.24, 2.45) is 4.40 Å². The van der Waals surface area contributed by atoms with Crippen LogP contribution < -0.4 is 5.73 Å². The molecule has 2 N–H and O–H groups in total. The van der Waals surface area contributed by atoms with Gasteiger partial charge in [-0.25, -0.2) is 4.21 Å². The Hall–Kier alpha value is -1.76. The maximum absolute atomic E-state index is 11.3. The minimum atomic E-state index is -1.69. The van der Waals surface area contributed by atoms with E-state index in [0.717, 1.165) is 0 Å². The van der Waals surface area contributed by atoms with Crippen molar-refractivity contribution in [3.63, 3.8) is 0 Å². The van der Waals surface area contributed by atoms with Crippen molar-refractivity contribution >= 4 is 28.6 Å². The maximum Gasteiger partial charge on any atom is 0.288 e. The lowest BCUT2D eigenvalue weighted by molar-refractivity contribution is -0.387. The van der Waals surface area contributed by atoms with E-state index >= 15 is 0 Å². The number of rotatable bonds is 1. The molecule has 0 radical (unpaired) electrons. The molecule has 72 valence electrons. The number of benzene rings is 1. The zero-order chi connectivity index (χ0) is 10.3. The number of nitrogens with two attached hydrogens (primary N) is 1. The lowest BCUT2D eigenvalue weighted by Crippen LogP contribution is -2.00. The van der Waals surface area contributed by atoms with Gasteiger partial charge in [0, 0.05) is 23.5 Å². The van der Waals surface area contributed by atoms with Gasteiger partial charge in [-0.05, 0) is 6.07 Å². The molecule has 1 aliphatic rings. The van der Waals surface area contributed by atoms with Crippen molar-refractivity contribution in [2.75, 3.05) is 5.73 Å². The normalized spacial score (nSPS) is 18.1. The van der Waals surface area contributed by atoms with Crippen LogP contribution in [0.15, 0.2) is 21.4 Å². The van der Waals surface area contributed by atoms with Crippen LogP contribution in [-0.4, -0.2) is 15.3 Å². The quantitative estimate of drug-likeness (QED) is 0.418. The molecule has 1 aromatic rings. The van der Waals surface area contributed by atoms with Gasteiger partial charge in [-0.2, -0.15) is 4.40 Å². The second-order valence-corrected chi connectivity index (χ2v) is 3.77. The summed E-state index contributed by atoms with van der Waals surface area (Å²) < 4.78 is 14.9. The summed E-state index contributed by atoms with van der Waals surface area (Å²) in [6.07, 6.45) is 1.30. The lowest BCUT2D eigenvalue weighted by atomic mass is 10.2. The second-order valence-electron chi connectivity index (χ2n) is 2.66. The van der Waals surface area contributed by atoms with Crippen molar-refractivity contribution in [3.05, 3.63) is 27.8 Å². The van der Waals surface area contributed by atoms with Crippen LogP contribution in [0.25, 0.3) is 0 Å². The second kappa shape index (κ2) is 2.88. The smallest absolute Gasteiger partial charge is 0.288 e. The molecule has 0 aliphatic carbocycles. The maximum atomic E-state index is 11.3. The molecule has 14 heavy (non-hydrogen) atoms. The van der Waals surface area contributed by atoms with Crippen LogP contribution in [0.5, 0.6) is 0 Å². The fourth-order valence-electron chi connectivity index (χ4n) is 1.22. The van der Waals surface area contributed by atoms with E-state index in [9.17, 15) is 14.3 Å². The van der Waals surface area contributed by atoms with Crippen LogP contribution in [-0.2, 0) is 11.0 Å². The Balaban J connectivity index is 2.76. The average Bonchev–Trinajstić information content (AvgIpc) is 2.50. The van der Waals surface area contributed by atoms with E-state index in [0.29, 0.717) is 11.3 Å². The van der Waals surface area contributed by atoms with Gasteiger partial charge in [-0.1, -0.05) is 0 Å². The fourth-order valence-corrected chi connectivity index (χ4v) is 2.20. The van der Waals surface area contributed by atoms with Gasteiger partial charge < -0.3 is 5.73 Å². The first-order chi connectivity index (χ1) is 6.61. The molecule has 7 heteroatoms. The SMILES string of the molecule is Nc1ccc([N+](=O)[O-])c2c1C=NS2=O. The summed E-state index contributed by atoms with van der Waals surface area (Å²) in [4.78, 5) is 10.1. The molecule has 1 atom stereocenters. The molecule has 0 aromatic heterocycles. The lowest BCUT2D eigenvalue weighted by Gasteiger charge is -2.00. The summed E-state index contributed by atoms with van der Waals surface area (Å²) >= 11 is 0. The number of nitro groups is 1. The van der Waals surface area contributed by atoms with Crippen molar-refractivity contribution in [2.45, 2.75) is 4.90 Å². The average molecular weight is 211 g/mol. The molecule has 0 fully saturated rings. The highest BCUT2D eigenvalue weighted by molar-refractivity contribution is 7.84. The largest absolute Gasteiger partial charge is 0.398 e. The van der Waals surface area contributed by atoms with Gasteiger partial charge in [0.15, 0.2) is 15.9 Å². The molecule has 0 saturated heterocycles. The van der Waals surface area contributed by atoms with Crippen LogP contribution in [0.4, 0.5) is 11.4 Å². The Bertz CT molecular complexity index is 483. The number of nitrogen functional groups attached to an aromatic ring is 1.